The van der Waals surface area contributed by atoms with E-state index in [4.69, 9.17) is 9.47 Å². The molecule has 0 aliphatic carbocycles. The highest BCUT2D eigenvalue weighted by atomic mass is 16.5. The molecule has 0 aromatic heterocycles. The standard InChI is InChI=1S/C27H36O5/c1-31-27-16-14-23(15-17-27)21-32-19-18-24(28)12-7-13-26(30)20-25(29)11-6-5-10-22-8-3-2-4-9-22/h2-4,8-9,14-17,24-26,28-30H,5-6,10-11,13,18-21H2,1H3/t24-,25+,26+/m0/s1. The lowest BCUT2D eigenvalue weighted by molar-refractivity contribution is 0.0767. The molecule has 2 aromatic carbocycles. The van der Waals surface area contributed by atoms with Crippen LogP contribution in [0.5, 0.6) is 5.75 Å². The fourth-order valence-corrected chi connectivity index (χ4v) is 3.34. The average Bonchev–Trinajstić information content (AvgIpc) is 2.80. The molecule has 174 valence electrons. The Morgan fingerprint density at radius 3 is 2.31 bits per heavy atom. The third-order valence-corrected chi connectivity index (χ3v) is 5.21. The van der Waals surface area contributed by atoms with Gasteiger partial charge in [-0.2, -0.15) is 0 Å². The van der Waals surface area contributed by atoms with E-state index in [0.29, 0.717) is 32.5 Å². The second kappa shape index (κ2) is 15.4. The molecule has 0 fully saturated rings. The largest absolute Gasteiger partial charge is 0.497 e. The van der Waals surface area contributed by atoms with Crippen LogP contribution < -0.4 is 4.74 Å². The Hall–Kier alpha value is -2.36. The zero-order valence-corrected chi connectivity index (χ0v) is 19.0. The van der Waals surface area contributed by atoms with Crippen molar-refractivity contribution in [2.75, 3.05) is 13.7 Å². The molecule has 0 unspecified atom stereocenters. The maximum Gasteiger partial charge on any atom is 0.118 e. The third kappa shape index (κ3) is 11.3. The fraction of sp³-hybridized carbons (Fsp3) is 0.481. The summed E-state index contributed by atoms with van der Waals surface area (Å²) in [6.07, 6.45) is 2.56. The van der Waals surface area contributed by atoms with Gasteiger partial charge in [0.05, 0.1) is 32.5 Å². The van der Waals surface area contributed by atoms with Crippen LogP contribution in [-0.2, 0) is 17.8 Å². The number of aliphatic hydroxyl groups excluding tert-OH is 3. The molecule has 0 aliphatic rings. The second-order valence-electron chi connectivity index (χ2n) is 8.01. The summed E-state index contributed by atoms with van der Waals surface area (Å²) in [6, 6.07) is 17.9. The number of aryl methyl sites for hydroxylation is 1. The van der Waals surface area contributed by atoms with E-state index in [9.17, 15) is 15.3 Å². The minimum atomic E-state index is -0.791. The lowest BCUT2D eigenvalue weighted by Crippen LogP contribution is -2.17. The molecular weight excluding hydrogens is 404 g/mol. The van der Waals surface area contributed by atoms with Gasteiger partial charge >= 0.3 is 0 Å². The van der Waals surface area contributed by atoms with Crippen LogP contribution >= 0.6 is 0 Å². The summed E-state index contributed by atoms with van der Waals surface area (Å²) in [6.45, 7) is 0.859. The van der Waals surface area contributed by atoms with E-state index in [1.807, 2.05) is 42.5 Å². The van der Waals surface area contributed by atoms with Crippen LogP contribution in [0.4, 0.5) is 0 Å². The number of hydrogen-bond acceptors (Lipinski definition) is 5. The van der Waals surface area contributed by atoms with E-state index in [-0.39, 0.29) is 6.42 Å². The van der Waals surface area contributed by atoms with Gasteiger partial charge in [0, 0.05) is 19.3 Å². The van der Waals surface area contributed by atoms with Gasteiger partial charge in [-0.15, -0.1) is 0 Å². The first-order valence-electron chi connectivity index (χ1n) is 11.3. The summed E-state index contributed by atoms with van der Waals surface area (Å²) in [7, 11) is 1.63. The van der Waals surface area contributed by atoms with Crippen molar-refractivity contribution in [2.45, 2.75) is 69.9 Å². The second-order valence-corrected chi connectivity index (χ2v) is 8.01. The number of unbranched alkanes of at least 4 members (excludes halogenated alkanes) is 1. The van der Waals surface area contributed by atoms with Crippen molar-refractivity contribution < 1.29 is 24.8 Å². The number of hydrogen-bond donors (Lipinski definition) is 3. The van der Waals surface area contributed by atoms with Gasteiger partial charge in [0.1, 0.15) is 11.9 Å². The molecule has 0 aliphatic heterocycles. The summed E-state index contributed by atoms with van der Waals surface area (Å²) in [5.41, 5.74) is 2.34. The van der Waals surface area contributed by atoms with Crippen molar-refractivity contribution in [3.63, 3.8) is 0 Å². The molecule has 2 rings (SSSR count). The Morgan fingerprint density at radius 2 is 1.59 bits per heavy atom. The molecule has 5 heteroatoms. The van der Waals surface area contributed by atoms with Gasteiger partial charge in [0.2, 0.25) is 0 Å². The number of ether oxygens (including phenoxy) is 2. The van der Waals surface area contributed by atoms with Crippen molar-refractivity contribution in [1.29, 1.82) is 0 Å². The molecule has 0 saturated heterocycles. The van der Waals surface area contributed by atoms with Gasteiger partial charge < -0.3 is 24.8 Å². The van der Waals surface area contributed by atoms with Gasteiger partial charge in [0.25, 0.3) is 0 Å². The smallest absolute Gasteiger partial charge is 0.118 e. The Morgan fingerprint density at radius 1 is 0.844 bits per heavy atom. The molecule has 3 atom stereocenters. The summed E-state index contributed by atoms with van der Waals surface area (Å²) in [4.78, 5) is 0. The van der Waals surface area contributed by atoms with Crippen LogP contribution in [0, 0.1) is 11.8 Å². The maximum atomic E-state index is 10.1. The monoisotopic (exact) mass is 440 g/mol. The van der Waals surface area contributed by atoms with E-state index in [1.165, 1.54) is 5.56 Å². The number of aliphatic hydroxyl groups is 3. The van der Waals surface area contributed by atoms with Gasteiger partial charge in [-0.1, -0.05) is 60.7 Å². The highest BCUT2D eigenvalue weighted by molar-refractivity contribution is 5.26. The van der Waals surface area contributed by atoms with Crippen molar-refractivity contribution in [3.8, 4) is 17.6 Å². The molecule has 0 amide bonds. The molecule has 0 radical (unpaired) electrons. The SMILES string of the molecule is COc1ccc(COCC[C@@H](O)C#CC[C@@H](O)C[C@H](O)CCCCc2ccccc2)cc1. The summed E-state index contributed by atoms with van der Waals surface area (Å²) in [5, 5.41) is 30.1. The Balaban J connectivity index is 1.52. The molecular formula is C27H36O5. The fourth-order valence-electron chi connectivity index (χ4n) is 3.34. The van der Waals surface area contributed by atoms with Crippen LogP contribution in [0.3, 0.4) is 0 Å². The first kappa shape index (κ1) is 25.9. The quantitative estimate of drug-likeness (QED) is 0.307. The summed E-state index contributed by atoms with van der Waals surface area (Å²) in [5.74, 6) is 6.36. The normalized spacial score (nSPS) is 13.6. The zero-order chi connectivity index (χ0) is 23.0. The first-order valence-corrected chi connectivity index (χ1v) is 11.3. The lowest BCUT2D eigenvalue weighted by Gasteiger charge is -2.13. The van der Waals surface area contributed by atoms with E-state index < -0.39 is 18.3 Å². The maximum absolute atomic E-state index is 10.1. The molecule has 0 spiro atoms. The van der Waals surface area contributed by atoms with Crippen molar-refractivity contribution in [1.82, 2.24) is 0 Å². The molecule has 2 aromatic rings. The van der Waals surface area contributed by atoms with Crippen LogP contribution in [0.15, 0.2) is 54.6 Å². The molecule has 5 nitrogen and oxygen atoms in total. The van der Waals surface area contributed by atoms with E-state index in [1.54, 1.807) is 7.11 Å². The van der Waals surface area contributed by atoms with Crippen LogP contribution in [0.1, 0.15) is 49.7 Å². The van der Waals surface area contributed by atoms with Crippen molar-refractivity contribution in [3.05, 3.63) is 65.7 Å². The number of methoxy groups -OCH3 is 1. The number of rotatable bonds is 14. The first-order chi connectivity index (χ1) is 15.6. The van der Waals surface area contributed by atoms with E-state index in [0.717, 1.165) is 30.6 Å². The van der Waals surface area contributed by atoms with Crippen LogP contribution in [0.25, 0.3) is 0 Å². The molecule has 0 saturated carbocycles. The molecule has 3 N–H and O–H groups in total. The summed E-state index contributed by atoms with van der Waals surface area (Å²) >= 11 is 0. The van der Waals surface area contributed by atoms with Crippen molar-refractivity contribution >= 4 is 0 Å². The van der Waals surface area contributed by atoms with Crippen LogP contribution in [-0.4, -0.2) is 47.3 Å². The highest BCUT2D eigenvalue weighted by Crippen LogP contribution is 2.13. The van der Waals surface area contributed by atoms with Gasteiger partial charge in [-0.05, 0) is 42.5 Å². The average molecular weight is 441 g/mol. The Kier molecular flexibility index (Phi) is 12.5. The molecule has 32 heavy (non-hydrogen) atoms. The predicted octanol–water partition coefficient (Wildman–Crippen LogP) is 3.88. The minimum absolute atomic E-state index is 0.241. The lowest BCUT2D eigenvalue weighted by atomic mass is 10.0. The Bertz CT molecular complexity index is 794. The minimum Gasteiger partial charge on any atom is -0.497 e. The van der Waals surface area contributed by atoms with Gasteiger partial charge in [-0.3, -0.25) is 0 Å². The third-order valence-electron chi connectivity index (χ3n) is 5.21. The topological polar surface area (TPSA) is 79.2 Å². The molecule has 0 bridgehead atoms. The van der Waals surface area contributed by atoms with Gasteiger partial charge in [0.15, 0.2) is 0 Å². The van der Waals surface area contributed by atoms with Gasteiger partial charge in [-0.25, -0.2) is 0 Å². The van der Waals surface area contributed by atoms with E-state index in [2.05, 4.69) is 24.0 Å². The summed E-state index contributed by atoms with van der Waals surface area (Å²) < 4.78 is 10.7. The van der Waals surface area contributed by atoms with E-state index >= 15 is 0 Å². The predicted molar refractivity (Wildman–Crippen MR) is 126 cm³/mol. The zero-order valence-electron chi connectivity index (χ0n) is 19.0. The highest BCUT2D eigenvalue weighted by Gasteiger charge is 2.11. The molecule has 0 heterocycles. The van der Waals surface area contributed by atoms with Crippen molar-refractivity contribution in [2.24, 2.45) is 0 Å². The van der Waals surface area contributed by atoms with Crippen LogP contribution in [0.2, 0.25) is 0 Å². The Labute approximate surface area is 192 Å². The number of benzene rings is 2.